The van der Waals surface area contributed by atoms with Crippen LogP contribution in [0.1, 0.15) is 34.2 Å². The van der Waals surface area contributed by atoms with E-state index in [1.165, 1.54) is 13.0 Å². The summed E-state index contributed by atoms with van der Waals surface area (Å²) in [5, 5.41) is 8.09. The lowest BCUT2D eigenvalue weighted by Crippen LogP contribution is -2.49. The summed E-state index contributed by atoms with van der Waals surface area (Å²) >= 11 is 0. The van der Waals surface area contributed by atoms with E-state index in [4.69, 9.17) is 9.15 Å². The van der Waals surface area contributed by atoms with Crippen LogP contribution < -0.4 is 0 Å². The number of aromatic nitrogens is 4. The molecular weight excluding hydrogens is 437 g/mol. The highest BCUT2D eigenvalue weighted by atomic mass is 19.4. The molecule has 0 atom stereocenters. The fourth-order valence-corrected chi connectivity index (χ4v) is 4.04. The van der Waals surface area contributed by atoms with Gasteiger partial charge in [0.05, 0.1) is 13.2 Å². The Morgan fingerprint density at radius 3 is 2.61 bits per heavy atom. The van der Waals surface area contributed by atoms with Crippen LogP contribution in [0.5, 0.6) is 0 Å². The summed E-state index contributed by atoms with van der Waals surface area (Å²) in [5.41, 5.74) is -0.363. The number of nitrogens with zero attached hydrogens (tertiary/aromatic N) is 4. The molecule has 1 saturated heterocycles. The van der Waals surface area contributed by atoms with Gasteiger partial charge in [0.15, 0.2) is 11.4 Å². The van der Waals surface area contributed by atoms with Crippen LogP contribution >= 0.6 is 0 Å². The molecule has 0 aliphatic carbocycles. The van der Waals surface area contributed by atoms with Gasteiger partial charge in [0.25, 0.3) is 0 Å². The monoisotopic (exact) mass is 456 g/mol. The molecule has 5 rings (SSSR count). The van der Waals surface area contributed by atoms with Gasteiger partial charge in [-0.15, -0.1) is 10.2 Å². The van der Waals surface area contributed by atoms with Crippen LogP contribution in [0.25, 0.3) is 22.6 Å². The van der Waals surface area contributed by atoms with E-state index >= 15 is 0 Å². The average Bonchev–Trinajstić information content (AvgIpc) is 3.35. The third-order valence-electron chi connectivity index (χ3n) is 5.98. The lowest BCUT2D eigenvalue weighted by Gasteiger charge is -2.41. The number of oxazole rings is 1. The maximum absolute atomic E-state index is 13.6. The number of fused-ring (bicyclic) bond motifs is 1. The van der Waals surface area contributed by atoms with Crippen molar-refractivity contribution in [1.29, 1.82) is 0 Å². The van der Waals surface area contributed by atoms with E-state index in [1.807, 2.05) is 29.8 Å². The van der Waals surface area contributed by atoms with Crippen molar-refractivity contribution in [3.8, 4) is 11.5 Å². The summed E-state index contributed by atoms with van der Waals surface area (Å²) in [6.07, 6.45) is -2.46. The van der Waals surface area contributed by atoms with Crippen LogP contribution in [0.2, 0.25) is 0 Å². The molecule has 0 saturated carbocycles. The van der Waals surface area contributed by atoms with Crippen molar-refractivity contribution < 1.29 is 27.1 Å². The Kier molecular flexibility index (Phi) is 4.86. The minimum atomic E-state index is -4.69. The number of carbonyl (C=O) groups is 1. The van der Waals surface area contributed by atoms with Gasteiger partial charge in [0.1, 0.15) is 23.2 Å². The molecule has 4 aromatic rings. The highest BCUT2D eigenvalue weighted by Gasteiger charge is 2.42. The van der Waals surface area contributed by atoms with Gasteiger partial charge in [0, 0.05) is 30.0 Å². The number of rotatable bonds is 5. The van der Waals surface area contributed by atoms with E-state index in [9.17, 15) is 18.0 Å². The summed E-state index contributed by atoms with van der Waals surface area (Å²) < 4.78 is 53.8. The number of benzene rings is 2. The number of aryl methyl sites for hydroxylation is 1. The molecule has 0 radical (unpaired) electrons. The molecule has 33 heavy (non-hydrogen) atoms. The Morgan fingerprint density at radius 2 is 2.00 bits per heavy atom. The summed E-state index contributed by atoms with van der Waals surface area (Å²) in [7, 11) is 1.87. The second-order valence-electron chi connectivity index (χ2n) is 8.33. The third kappa shape index (κ3) is 3.70. The number of alkyl halides is 3. The molecular formula is C23H19F3N4O3. The van der Waals surface area contributed by atoms with Crippen LogP contribution in [0.4, 0.5) is 13.2 Å². The molecule has 3 heterocycles. The summed E-state index contributed by atoms with van der Waals surface area (Å²) in [5.74, 6) is 0.369. The highest BCUT2D eigenvalue weighted by Crippen LogP contribution is 2.40. The zero-order chi connectivity index (χ0) is 23.4. The van der Waals surface area contributed by atoms with Gasteiger partial charge in [-0.3, -0.25) is 4.79 Å². The van der Waals surface area contributed by atoms with E-state index in [-0.39, 0.29) is 22.4 Å². The molecule has 1 aliphatic rings. The van der Waals surface area contributed by atoms with Crippen molar-refractivity contribution in [1.82, 2.24) is 19.7 Å². The minimum Gasteiger partial charge on any atom is -0.435 e. The van der Waals surface area contributed by atoms with Crippen LogP contribution in [0.3, 0.4) is 0 Å². The van der Waals surface area contributed by atoms with Crippen molar-refractivity contribution in [3.63, 3.8) is 0 Å². The summed E-state index contributed by atoms with van der Waals surface area (Å²) in [4.78, 5) is 16.0. The van der Waals surface area contributed by atoms with Gasteiger partial charge in [-0.1, -0.05) is 12.1 Å². The number of hydrogen-bond acceptors (Lipinski definition) is 6. The van der Waals surface area contributed by atoms with E-state index < -0.39 is 23.1 Å². The molecule has 0 bridgehead atoms. The van der Waals surface area contributed by atoms with Gasteiger partial charge < -0.3 is 13.7 Å². The van der Waals surface area contributed by atoms with Gasteiger partial charge in [-0.05, 0) is 36.8 Å². The number of ether oxygens (including phenoxy) is 1. The number of Topliss-reactive ketones (excluding diaryl/α,β-unsaturated/α-hetero) is 1. The Balaban J connectivity index is 1.58. The van der Waals surface area contributed by atoms with E-state index in [0.29, 0.717) is 25.2 Å². The van der Waals surface area contributed by atoms with Crippen LogP contribution in [-0.4, -0.2) is 38.7 Å². The average molecular weight is 456 g/mol. The minimum absolute atomic E-state index is 0.0174. The Labute approximate surface area is 186 Å². The largest absolute Gasteiger partial charge is 0.435 e. The molecule has 7 nitrogen and oxygen atoms in total. The zero-order valence-electron chi connectivity index (χ0n) is 17.8. The number of halogens is 3. The molecule has 0 spiro atoms. The van der Waals surface area contributed by atoms with Crippen LogP contribution in [0.15, 0.2) is 47.1 Å². The fraction of sp³-hybridized carbons (Fsp3) is 0.304. The molecule has 1 fully saturated rings. The maximum Gasteiger partial charge on any atom is 0.420 e. The first kappa shape index (κ1) is 21.3. The number of ketones is 1. The smallest absolute Gasteiger partial charge is 0.420 e. The molecule has 170 valence electrons. The molecule has 1 aliphatic heterocycles. The predicted octanol–water partition coefficient (Wildman–Crippen LogP) is 4.36. The summed E-state index contributed by atoms with van der Waals surface area (Å²) in [6, 6.07) is 9.45. The molecule has 2 aromatic heterocycles. The van der Waals surface area contributed by atoms with Crippen molar-refractivity contribution >= 4 is 16.9 Å². The second-order valence-corrected chi connectivity index (χ2v) is 8.33. The molecule has 0 N–H and O–H groups in total. The van der Waals surface area contributed by atoms with Crippen molar-refractivity contribution in [3.05, 3.63) is 65.2 Å². The zero-order valence-corrected chi connectivity index (χ0v) is 17.8. The number of carbonyl (C=O) groups excluding carboxylic acids is 1. The Morgan fingerprint density at radius 1 is 1.21 bits per heavy atom. The lowest BCUT2D eigenvalue weighted by atomic mass is 9.75. The van der Waals surface area contributed by atoms with Gasteiger partial charge in [0.2, 0.25) is 5.89 Å². The SMILES string of the molecule is CC(=O)c1cc(C(F)(F)F)c2oc(-c3cccc(C4(Cc5nncn5C)COC4)c3)nc2c1. The van der Waals surface area contributed by atoms with Crippen molar-refractivity contribution in [2.75, 3.05) is 13.2 Å². The standard InChI is InChI=1S/C23H19F3N4O3/c1-13(31)15-7-17(23(24,25)26)20-18(8-15)28-21(33-20)14-4-3-5-16(6-14)22(10-32-11-22)9-19-29-27-12-30(19)2/h3-8,12H,9-11H2,1-2H3. The topological polar surface area (TPSA) is 83.0 Å². The van der Waals surface area contributed by atoms with Crippen molar-refractivity contribution in [2.24, 2.45) is 7.05 Å². The van der Waals surface area contributed by atoms with E-state index in [1.54, 1.807) is 12.4 Å². The van der Waals surface area contributed by atoms with Gasteiger partial charge in [-0.2, -0.15) is 13.2 Å². The van der Waals surface area contributed by atoms with E-state index in [2.05, 4.69) is 15.2 Å². The first-order chi connectivity index (χ1) is 15.7. The van der Waals surface area contributed by atoms with Gasteiger partial charge in [-0.25, -0.2) is 4.98 Å². The molecule has 0 amide bonds. The van der Waals surface area contributed by atoms with Gasteiger partial charge >= 0.3 is 6.18 Å². The number of hydrogen-bond donors (Lipinski definition) is 0. The maximum atomic E-state index is 13.6. The first-order valence-electron chi connectivity index (χ1n) is 10.2. The van der Waals surface area contributed by atoms with E-state index in [0.717, 1.165) is 17.5 Å². The quantitative estimate of drug-likeness (QED) is 0.415. The first-order valence-corrected chi connectivity index (χ1v) is 10.2. The normalized spacial score (nSPS) is 15.5. The summed E-state index contributed by atoms with van der Waals surface area (Å²) in [6.45, 7) is 2.18. The molecule has 2 aromatic carbocycles. The predicted molar refractivity (Wildman–Crippen MR) is 112 cm³/mol. The van der Waals surface area contributed by atoms with Crippen molar-refractivity contribution in [2.45, 2.75) is 24.9 Å². The molecule has 0 unspecified atom stereocenters. The lowest BCUT2D eigenvalue weighted by molar-refractivity contribution is -0.136. The van der Waals surface area contributed by atoms with Crippen LogP contribution in [-0.2, 0) is 29.8 Å². The van der Waals surface area contributed by atoms with Crippen LogP contribution in [0, 0.1) is 0 Å². The molecule has 10 heteroatoms. The fourth-order valence-electron chi connectivity index (χ4n) is 4.04. The Hall–Kier alpha value is -3.53. The Bertz CT molecular complexity index is 1370. The second kappa shape index (κ2) is 7.51. The third-order valence-corrected chi connectivity index (χ3v) is 5.98. The highest BCUT2D eigenvalue weighted by molar-refractivity contribution is 5.98.